The van der Waals surface area contributed by atoms with E-state index in [1.54, 1.807) is 25.1 Å². The van der Waals surface area contributed by atoms with Gasteiger partial charge in [0.05, 0.1) is 11.1 Å². The number of halogens is 2. The summed E-state index contributed by atoms with van der Waals surface area (Å²) < 4.78 is 18.9. The third-order valence-corrected chi connectivity index (χ3v) is 3.05. The number of hydrogen-bond acceptors (Lipinski definition) is 2. The predicted molar refractivity (Wildman–Crippen MR) is 72.8 cm³/mol. The van der Waals surface area contributed by atoms with Gasteiger partial charge in [0.15, 0.2) is 0 Å². The van der Waals surface area contributed by atoms with E-state index in [1.807, 2.05) is 12.1 Å². The Morgan fingerprint density at radius 2 is 2.00 bits per heavy atom. The predicted octanol–water partition coefficient (Wildman–Crippen LogP) is 4.11. The largest absolute Gasteiger partial charge is 0.489 e. The molecule has 0 saturated carbocycles. The van der Waals surface area contributed by atoms with Crippen molar-refractivity contribution < 1.29 is 14.2 Å². The highest BCUT2D eigenvalue weighted by Gasteiger charge is 2.08. The molecular weight excluding hydrogens is 267 g/mol. The zero-order chi connectivity index (χ0) is 13.8. The van der Waals surface area contributed by atoms with Gasteiger partial charge in [-0.3, -0.25) is 0 Å². The molecule has 2 aromatic carbocycles. The molecule has 0 bridgehead atoms. The van der Waals surface area contributed by atoms with Crippen LogP contribution in [0.1, 0.15) is 24.2 Å². The van der Waals surface area contributed by atoms with Gasteiger partial charge in [-0.15, -0.1) is 0 Å². The van der Waals surface area contributed by atoms with Gasteiger partial charge in [0.1, 0.15) is 18.2 Å². The lowest BCUT2D eigenvalue weighted by Crippen LogP contribution is -2.01. The summed E-state index contributed by atoms with van der Waals surface area (Å²) in [5, 5.41) is 9.72. The maximum atomic E-state index is 13.3. The van der Waals surface area contributed by atoms with Crippen molar-refractivity contribution in [2.45, 2.75) is 19.6 Å². The molecule has 0 fully saturated rings. The van der Waals surface area contributed by atoms with Crippen LogP contribution in [0, 0.1) is 5.82 Å². The standard InChI is InChI=1S/C15H14ClFO2/c1-10(18)12-4-2-3-5-15(12)19-9-11-6-7-13(16)14(17)8-11/h2-8,10,18H,9H2,1H3/t10-/m1/s1. The smallest absolute Gasteiger partial charge is 0.142 e. The molecule has 1 atom stereocenters. The third kappa shape index (κ3) is 3.46. The van der Waals surface area contributed by atoms with Crippen molar-refractivity contribution in [2.75, 3.05) is 0 Å². The van der Waals surface area contributed by atoms with Gasteiger partial charge in [-0.25, -0.2) is 4.39 Å². The van der Waals surface area contributed by atoms with Crippen molar-refractivity contribution in [1.29, 1.82) is 0 Å². The fourth-order valence-electron chi connectivity index (χ4n) is 1.75. The maximum absolute atomic E-state index is 13.3. The number of rotatable bonds is 4. The molecule has 0 aliphatic carbocycles. The van der Waals surface area contributed by atoms with Crippen molar-refractivity contribution in [3.63, 3.8) is 0 Å². The number of benzene rings is 2. The summed E-state index contributed by atoms with van der Waals surface area (Å²) in [6, 6.07) is 11.8. The van der Waals surface area contributed by atoms with Crippen LogP contribution >= 0.6 is 11.6 Å². The van der Waals surface area contributed by atoms with Gasteiger partial charge >= 0.3 is 0 Å². The lowest BCUT2D eigenvalue weighted by atomic mass is 10.1. The lowest BCUT2D eigenvalue weighted by Gasteiger charge is -2.13. The Morgan fingerprint density at radius 1 is 1.26 bits per heavy atom. The van der Waals surface area contributed by atoms with Gasteiger partial charge < -0.3 is 9.84 Å². The van der Waals surface area contributed by atoms with Crippen molar-refractivity contribution in [2.24, 2.45) is 0 Å². The van der Waals surface area contributed by atoms with E-state index in [4.69, 9.17) is 16.3 Å². The fraction of sp³-hybridized carbons (Fsp3) is 0.200. The molecule has 100 valence electrons. The Hall–Kier alpha value is -1.58. The molecule has 0 aromatic heterocycles. The first-order valence-corrected chi connectivity index (χ1v) is 6.29. The van der Waals surface area contributed by atoms with Crippen LogP contribution in [0.4, 0.5) is 4.39 Å². The molecule has 1 N–H and O–H groups in total. The summed E-state index contributed by atoms with van der Waals surface area (Å²) in [5.41, 5.74) is 1.39. The minimum absolute atomic E-state index is 0.0909. The van der Waals surface area contributed by atoms with E-state index < -0.39 is 11.9 Å². The molecule has 2 nitrogen and oxygen atoms in total. The van der Waals surface area contributed by atoms with Crippen LogP contribution in [-0.4, -0.2) is 5.11 Å². The first-order valence-electron chi connectivity index (χ1n) is 5.91. The molecule has 19 heavy (non-hydrogen) atoms. The highest BCUT2D eigenvalue weighted by molar-refractivity contribution is 6.30. The molecule has 0 heterocycles. The van der Waals surface area contributed by atoms with Crippen LogP contribution in [0.5, 0.6) is 5.75 Å². The molecule has 0 radical (unpaired) electrons. The van der Waals surface area contributed by atoms with Gasteiger partial charge in [0, 0.05) is 5.56 Å². The third-order valence-electron chi connectivity index (χ3n) is 2.75. The second-order valence-electron chi connectivity index (χ2n) is 4.25. The van der Waals surface area contributed by atoms with Gasteiger partial charge in [0.25, 0.3) is 0 Å². The van der Waals surface area contributed by atoms with Crippen LogP contribution < -0.4 is 4.74 Å². The SMILES string of the molecule is C[C@@H](O)c1ccccc1OCc1ccc(Cl)c(F)c1. The topological polar surface area (TPSA) is 29.5 Å². The lowest BCUT2D eigenvalue weighted by molar-refractivity contribution is 0.190. The monoisotopic (exact) mass is 280 g/mol. The molecular formula is C15H14ClFO2. The first-order chi connectivity index (χ1) is 9.08. The average Bonchev–Trinajstić information content (AvgIpc) is 2.40. The summed E-state index contributed by atoms with van der Waals surface area (Å²) in [7, 11) is 0. The van der Waals surface area contributed by atoms with E-state index in [9.17, 15) is 9.50 Å². The van der Waals surface area contributed by atoms with Gasteiger partial charge in [-0.2, -0.15) is 0 Å². The Morgan fingerprint density at radius 3 is 2.68 bits per heavy atom. The molecule has 0 aliphatic heterocycles. The van der Waals surface area contributed by atoms with Crippen molar-refractivity contribution >= 4 is 11.6 Å². The van der Waals surface area contributed by atoms with Gasteiger partial charge in [0.2, 0.25) is 0 Å². The molecule has 0 saturated heterocycles. The fourth-order valence-corrected chi connectivity index (χ4v) is 1.87. The summed E-state index contributed by atoms with van der Waals surface area (Å²) >= 11 is 5.62. The number of aliphatic hydroxyl groups excluding tert-OH is 1. The molecule has 4 heteroatoms. The normalized spacial score (nSPS) is 12.2. The van der Waals surface area contributed by atoms with E-state index in [1.165, 1.54) is 12.1 Å². The molecule has 0 unspecified atom stereocenters. The van der Waals surface area contributed by atoms with Crippen LogP contribution in [0.2, 0.25) is 5.02 Å². The quantitative estimate of drug-likeness (QED) is 0.913. The molecule has 0 spiro atoms. The maximum Gasteiger partial charge on any atom is 0.142 e. The van der Waals surface area contributed by atoms with Crippen molar-refractivity contribution in [3.05, 3.63) is 64.4 Å². The highest BCUT2D eigenvalue weighted by atomic mass is 35.5. The summed E-state index contributed by atoms with van der Waals surface area (Å²) in [5.74, 6) is 0.124. The molecule has 2 rings (SSSR count). The average molecular weight is 281 g/mol. The summed E-state index contributed by atoms with van der Waals surface area (Å²) in [4.78, 5) is 0. The molecule has 0 aliphatic rings. The zero-order valence-electron chi connectivity index (χ0n) is 10.4. The van der Waals surface area contributed by atoms with E-state index in [-0.39, 0.29) is 11.6 Å². The second kappa shape index (κ2) is 6.04. The van der Waals surface area contributed by atoms with Gasteiger partial charge in [-0.1, -0.05) is 35.9 Å². The van der Waals surface area contributed by atoms with Crippen molar-refractivity contribution in [3.8, 4) is 5.75 Å². The highest BCUT2D eigenvalue weighted by Crippen LogP contribution is 2.25. The number of para-hydroxylation sites is 1. The Kier molecular flexibility index (Phi) is 4.40. The van der Waals surface area contributed by atoms with Crippen LogP contribution in [0.15, 0.2) is 42.5 Å². The Balaban J connectivity index is 2.12. The number of aliphatic hydroxyl groups is 1. The second-order valence-corrected chi connectivity index (χ2v) is 4.66. The summed E-state index contributed by atoms with van der Waals surface area (Å²) in [6.45, 7) is 1.89. The van der Waals surface area contributed by atoms with Crippen LogP contribution in [0.25, 0.3) is 0 Å². The van der Waals surface area contributed by atoms with E-state index >= 15 is 0 Å². The minimum Gasteiger partial charge on any atom is -0.489 e. The first kappa shape index (κ1) is 13.8. The Labute approximate surface area is 116 Å². The van der Waals surface area contributed by atoms with E-state index in [0.29, 0.717) is 16.9 Å². The van der Waals surface area contributed by atoms with Crippen LogP contribution in [0.3, 0.4) is 0 Å². The number of ether oxygens (including phenoxy) is 1. The minimum atomic E-state index is -0.613. The van der Waals surface area contributed by atoms with Crippen LogP contribution in [-0.2, 0) is 6.61 Å². The van der Waals surface area contributed by atoms with Gasteiger partial charge in [-0.05, 0) is 30.7 Å². The van der Waals surface area contributed by atoms with E-state index in [2.05, 4.69) is 0 Å². The van der Waals surface area contributed by atoms with E-state index in [0.717, 1.165) is 0 Å². The summed E-state index contributed by atoms with van der Waals surface area (Å²) in [6.07, 6.45) is -0.613. The number of hydrogen-bond donors (Lipinski definition) is 1. The van der Waals surface area contributed by atoms with Crippen molar-refractivity contribution in [1.82, 2.24) is 0 Å². The zero-order valence-corrected chi connectivity index (χ0v) is 11.2. The Bertz CT molecular complexity index is 570. The molecule has 2 aromatic rings. The molecule has 0 amide bonds.